The average molecular weight is 233 g/mol. The molecular formula is C15H23NO. The van der Waals surface area contributed by atoms with Crippen molar-refractivity contribution in [3.8, 4) is 0 Å². The monoisotopic (exact) mass is 233 g/mol. The lowest BCUT2D eigenvalue weighted by Crippen LogP contribution is -2.42. The summed E-state index contributed by atoms with van der Waals surface area (Å²) < 4.78 is 0. The van der Waals surface area contributed by atoms with Crippen LogP contribution in [0, 0.1) is 5.92 Å². The van der Waals surface area contributed by atoms with Crippen molar-refractivity contribution in [2.24, 2.45) is 5.92 Å². The van der Waals surface area contributed by atoms with Gasteiger partial charge in [-0.05, 0) is 24.3 Å². The fraction of sp³-hybridized carbons (Fsp3) is 0.600. The van der Waals surface area contributed by atoms with Gasteiger partial charge in [0.05, 0.1) is 6.61 Å². The van der Waals surface area contributed by atoms with E-state index in [1.807, 2.05) is 6.07 Å². The standard InChI is InChI=1S/C15H23NO/c1-13(2)15-10-6-7-11-16(15)17-12-14-8-4-3-5-9-14/h3-5,8-9,13,15H,6-7,10-12H2,1-2H3. The number of rotatable bonds is 4. The van der Waals surface area contributed by atoms with Crippen LogP contribution in [0.15, 0.2) is 30.3 Å². The first-order valence-electron chi connectivity index (χ1n) is 6.71. The van der Waals surface area contributed by atoms with Crippen LogP contribution in [0.5, 0.6) is 0 Å². The highest BCUT2D eigenvalue weighted by atomic mass is 16.7. The Bertz CT molecular complexity index is 323. The average Bonchev–Trinajstić information content (AvgIpc) is 2.38. The summed E-state index contributed by atoms with van der Waals surface area (Å²) >= 11 is 0. The molecule has 1 saturated heterocycles. The minimum atomic E-state index is 0.590. The first-order valence-corrected chi connectivity index (χ1v) is 6.71. The van der Waals surface area contributed by atoms with Gasteiger partial charge in [0.15, 0.2) is 0 Å². The minimum absolute atomic E-state index is 0.590. The fourth-order valence-electron chi connectivity index (χ4n) is 2.49. The van der Waals surface area contributed by atoms with Crippen molar-refractivity contribution in [2.45, 2.75) is 45.8 Å². The van der Waals surface area contributed by atoms with Gasteiger partial charge in [-0.2, -0.15) is 5.06 Å². The van der Waals surface area contributed by atoms with Crippen LogP contribution in [0.3, 0.4) is 0 Å². The van der Waals surface area contributed by atoms with Crippen LogP contribution < -0.4 is 0 Å². The molecule has 2 rings (SSSR count). The Morgan fingerprint density at radius 2 is 2.00 bits per heavy atom. The molecule has 0 saturated carbocycles. The predicted molar refractivity (Wildman–Crippen MR) is 70.4 cm³/mol. The van der Waals surface area contributed by atoms with E-state index in [1.165, 1.54) is 24.8 Å². The highest BCUT2D eigenvalue weighted by molar-refractivity contribution is 5.13. The van der Waals surface area contributed by atoms with E-state index in [4.69, 9.17) is 4.84 Å². The number of hydrogen-bond donors (Lipinski definition) is 0. The molecule has 0 aromatic heterocycles. The highest BCUT2D eigenvalue weighted by Crippen LogP contribution is 2.23. The third-order valence-corrected chi connectivity index (χ3v) is 3.51. The molecule has 1 unspecified atom stereocenters. The Hall–Kier alpha value is -0.860. The third kappa shape index (κ3) is 3.55. The lowest BCUT2D eigenvalue weighted by Gasteiger charge is -2.37. The number of hydrogen-bond acceptors (Lipinski definition) is 2. The summed E-state index contributed by atoms with van der Waals surface area (Å²) in [6, 6.07) is 11.0. The van der Waals surface area contributed by atoms with Gasteiger partial charge in [0.25, 0.3) is 0 Å². The lowest BCUT2D eigenvalue weighted by atomic mass is 9.95. The van der Waals surface area contributed by atoms with E-state index >= 15 is 0 Å². The molecule has 1 aromatic rings. The van der Waals surface area contributed by atoms with E-state index in [2.05, 4.69) is 43.2 Å². The molecule has 0 radical (unpaired) electrons. The molecule has 17 heavy (non-hydrogen) atoms. The smallest absolute Gasteiger partial charge is 0.0936 e. The van der Waals surface area contributed by atoms with E-state index in [1.54, 1.807) is 0 Å². The molecule has 1 aliphatic rings. The summed E-state index contributed by atoms with van der Waals surface area (Å²) in [7, 11) is 0. The molecular weight excluding hydrogens is 210 g/mol. The lowest BCUT2D eigenvalue weighted by molar-refractivity contribution is -0.215. The zero-order valence-corrected chi connectivity index (χ0v) is 10.9. The maximum atomic E-state index is 5.98. The molecule has 2 heteroatoms. The summed E-state index contributed by atoms with van der Waals surface area (Å²) in [6.45, 7) is 6.35. The largest absolute Gasteiger partial charge is 0.294 e. The molecule has 1 aliphatic heterocycles. The molecule has 1 aromatic carbocycles. The third-order valence-electron chi connectivity index (χ3n) is 3.51. The van der Waals surface area contributed by atoms with Crippen molar-refractivity contribution < 1.29 is 4.84 Å². The van der Waals surface area contributed by atoms with Gasteiger partial charge in [0.1, 0.15) is 0 Å². The van der Waals surface area contributed by atoms with Gasteiger partial charge in [0.2, 0.25) is 0 Å². The Morgan fingerprint density at radius 3 is 2.71 bits per heavy atom. The van der Waals surface area contributed by atoms with Crippen molar-refractivity contribution in [3.63, 3.8) is 0 Å². The maximum absolute atomic E-state index is 5.98. The molecule has 94 valence electrons. The molecule has 0 aliphatic carbocycles. The van der Waals surface area contributed by atoms with Crippen molar-refractivity contribution in [2.75, 3.05) is 6.54 Å². The molecule has 1 atom stereocenters. The summed E-state index contributed by atoms with van der Waals surface area (Å²) in [5.41, 5.74) is 1.25. The van der Waals surface area contributed by atoms with E-state index in [0.717, 1.165) is 6.54 Å². The molecule has 0 bridgehead atoms. The van der Waals surface area contributed by atoms with Crippen molar-refractivity contribution in [1.82, 2.24) is 5.06 Å². The van der Waals surface area contributed by atoms with Gasteiger partial charge in [-0.3, -0.25) is 4.84 Å². The van der Waals surface area contributed by atoms with Gasteiger partial charge in [-0.1, -0.05) is 50.6 Å². The number of hydroxylamine groups is 2. The van der Waals surface area contributed by atoms with Crippen LogP contribution in [0.4, 0.5) is 0 Å². The van der Waals surface area contributed by atoms with Crippen molar-refractivity contribution in [1.29, 1.82) is 0 Å². The zero-order chi connectivity index (χ0) is 12.1. The molecule has 0 N–H and O–H groups in total. The Kier molecular flexibility index (Phi) is 4.57. The summed E-state index contributed by atoms with van der Waals surface area (Å²) in [4.78, 5) is 5.98. The van der Waals surface area contributed by atoms with Crippen LogP contribution in [0.2, 0.25) is 0 Å². The van der Waals surface area contributed by atoms with Crippen LogP contribution in [-0.4, -0.2) is 17.6 Å². The Labute approximate surface area is 105 Å². The summed E-state index contributed by atoms with van der Waals surface area (Å²) in [6.07, 6.45) is 3.87. The second kappa shape index (κ2) is 6.18. The van der Waals surface area contributed by atoms with Gasteiger partial charge in [0, 0.05) is 12.6 Å². The van der Waals surface area contributed by atoms with E-state index in [9.17, 15) is 0 Å². The molecule has 0 spiro atoms. The number of benzene rings is 1. The van der Waals surface area contributed by atoms with E-state index < -0.39 is 0 Å². The van der Waals surface area contributed by atoms with Crippen LogP contribution in [0.25, 0.3) is 0 Å². The van der Waals surface area contributed by atoms with Gasteiger partial charge in [-0.15, -0.1) is 0 Å². The number of piperidine rings is 1. The van der Waals surface area contributed by atoms with Crippen LogP contribution in [0.1, 0.15) is 38.7 Å². The van der Waals surface area contributed by atoms with Gasteiger partial charge in [-0.25, -0.2) is 0 Å². The van der Waals surface area contributed by atoms with Gasteiger partial charge >= 0.3 is 0 Å². The molecule has 0 amide bonds. The summed E-state index contributed by atoms with van der Waals surface area (Å²) in [5.74, 6) is 0.672. The molecule has 1 fully saturated rings. The van der Waals surface area contributed by atoms with Crippen molar-refractivity contribution in [3.05, 3.63) is 35.9 Å². The van der Waals surface area contributed by atoms with E-state index in [-0.39, 0.29) is 0 Å². The van der Waals surface area contributed by atoms with Gasteiger partial charge < -0.3 is 0 Å². The predicted octanol–water partition coefficient (Wildman–Crippen LogP) is 3.63. The second-order valence-corrected chi connectivity index (χ2v) is 5.21. The normalized spacial score (nSPS) is 21.9. The first kappa shape index (κ1) is 12.6. The Morgan fingerprint density at radius 1 is 1.24 bits per heavy atom. The van der Waals surface area contributed by atoms with Crippen LogP contribution >= 0.6 is 0 Å². The quantitative estimate of drug-likeness (QED) is 0.787. The molecule has 2 nitrogen and oxygen atoms in total. The fourth-order valence-corrected chi connectivity index (χ4v) is 2.49. The SMILES string of the molecule is CC(C)C1CCCCN1OCc1ccccc1. The first-order chi connectivity index (χ1) is 8.27. The Balaban J connectivity index is 1.88. The molecule has 1 heterocycles. The summed E-state index contributed by atoms with van der Waals surface area (Å²) in [5, 5.41) is 2.21. The minimum Gasteiger partial charge on any atom is -0.294 e. The topological polar surface area (TPSA) is 12.5 Å². The van der Waals surface area contributed by atoms with E-state index in [0.29, 0.717) is 18.6 Å². The number of nitrogens with zero attached hydrogens (tertiary/aromatic N) is 1. The van der Waals surface area contributed by atoms with Crippen LogP contribution in [-0.2, 0) is 11.4 Å². The van der Waals surface area contributed by atoms with Crippen molar-refractivity contribution >= 4 is 0 Å². The maximum Gasteiger partial charge on any atom is 0.0936 e. The second-order valence-electron chi connectivity index (χ2n) is 5.21. The highest BCUT2D eigenvalue weighted by Gasteiger charge is 2.25. The zero-order valence-electron chi connectivity index (χ0n) is 10.9.